The predicted octanol–water partition coefficient (Wildman–Crippen LogP) is 2.42. The smallest absolute Gasteiger partial charge is 0.306 e. The Kier molecular flexibility index (Phi) is 2.27. The topological polar surface area (TPSA) is 55.8 Å². The third-order valence-corrected chi connectivity index (χ3v) is 5.39. The summed E-state index contributed by atoms with van der Waals surface area (Å²) >= 11 is 0. The van der Waals surface area contributed by atoms with Gasteiger partial charge in [-0.25, -0.2) is 0 Å². The average molecular weight is 254 g/mol. The molecule has 18 heavy (non-hydrogen) atoms. The van der Waals surface area contributed by atoms with Crippen molar-refractivity contribution in [2.75, 3.05) is 0 Å². The van der Waals surface area contributed by atoms with Crippen molar-refractivity contribution in [3.8, 4) is 0 Å². The van der Waals surface area contributed by atoms with Crippen molar-refractivity contribution in [2.24, 2.45) is 17.3 Å². The van der Waals surface area contributed by atoms with Crippen LogP contribution < -0.4 is 0 Å². The number of carboxylic acids is 1. The normalized spacial score (nSPS) is 47.2. The molecule has 0 aromatic heterocycles. The van der Waals surface area contributed by atoms with Gasteiger partial charge in [-0.15, -0.1) is 0 Å². The van der Waals surface area contributed by atoms with Crippen molar-refractivity contribution in [1.29, 1.82) is 0 Å². The maximum atomic E-state index is 11.3. The van der Waals surface area contributed by atoms with Crippen LogP contribution in [0.1, 0.15) is 47.0 Å². The number of hydrogen-bond donors (Lipinski definition) is 1. The average Bonchev–Trinajstić information content (AvgIpc) is 2.44. The molecule has 102 valence electrons. The first-order valence-electron chi connectivity index (χ1n) is 6.77. The van der Waals surface area contributed by atoms with Gasteiger partial charge in [0, 0.05) is 0 Å². The third-order valence-electron chi connectivity index (χ3n) is 5.39. The monoisotopic (exact) mass is 254 g/mol. The molecule has 0 aromatic rings. The molecule has 4 rings (SSSR count). The summed E-state index contributed by atoms with van der Waals surface area (Å²) in [4.78, 5) is 11.3. The van der Waals surface area contributed by atoms with Gasteiger partial charge in [0.15, 0.2) is 5.79 Å². The van der Waals surface area contributed by atoms with Gasteiger partial charge in [-0.1, -0.05) is 13.8 Å². The Morgan fingerprint density at radius 2 is 1.94 bits per heavy atom. The summed E-state index contributed by atoms with van der Waals surface area (Å²) in [6, 6.07) is 0. The number of carbonyl (C=O) groups is 1. The molecule has 0 spiro atoms. The molecule has 2 bridgehead atoms. The van der Waals surface area contributed by atoms with Crippen LogP contribution in [0.2, 0.25) is 0 Å². The summed E-state index contributed by atoms with van der Waals surface area (Å²) in [5, 5.41) is 9.25. The van der Waals surface area contributed by atoms with E-state index in [0.717, 1.165) is 12.8 Å². The maximum Gasteiger partial charge on any atom is 0.306 e. The lowest BCUT2D eigenvalue weighted by atomic mass is 9.43. The molecule has 3 unspecified atom stereocenters. The lowest BCUT2D eigenvalue weighted by Crippen LogP contribution is -2.67. The van der Waals surface area contributed by atoms with E-state index in [1.165, 1.54) is 0 Å². The van der Waals surface area contributed by atoms with Crippen LogP contribution >= 0.6 is 0 Å². The summed E-state index contributed by atoms with van der Waals surface area (Å²) < 4.78 is 12.1. The van der Waals surface area contributed by atoms with Gasteiger partial charge in [0.2, 0.25) is 0 Å². The van der Waals surface area contributed by atoms with Gasteiger partial charge >= 0.3 is 5.97 Å². The fourth-order valence-electron chi connectivity index (χ4n) is 4.55. The first-order valence-corrected chi connectivity index (χ1v) is 6.77. The minimum atomic E-state index is -0.789. The molecule has 4 aliphatic rings. The molecule has 3 aliphatic carbocycles. The second-order valence-electron chi connectivity index (χ2n) is 7.18. The fourth-order valence-corrected chi connectivity index (χ4v) is 4.55. The summed E-state index contributed by atoms with van der Waals surface area (Å²) in [5.41, 5.74) is -0.441. The molecule has 1 N–H and O–H groups in total. The van der Waals surface area contributed by atoms with E-state index in [2.05, 4.69) is 13.8 Å². The van der Waals surface area contributed by atoms with Crippen LogP contribution in [0.5, 0.6) is 0 Å². The van der Waals surface area contributed by atoms with E-state index in [1.807, 2.05) is 13.8 Å². The van der Waals surface area contributed by atoms with Gasteiger partial charge in [-0.05, 0) is 43.9 Å². The fraction of sp³-hybridized carbons (Fsp3) is 0.929. The van der Waals surface area contributed by atoms with Crippen LogP contribution in [0.25, 0.3) is 0 Å². The number of rotatable bonds is 2. The zero-order chi connectivity index (χ0) is 13.3. The molecule has 0 amide bonds. The SMILES string of the molecule is CC1(C)OC2CC3CC(C3(C)C)[C@@]2(CC(=O)O)O1. The zero-order valence-electron chi connectivity index (χ0n) is 11.5. The highest BCUT2D eigenvalue weighted by molar-refractivity contribution is 5.68. The molecule has 0 radical (unpaired) electrons. The Morgan fingerprint density at radius 1 is 1.28 bits per heavy atom. The Bertz CT molecular complexity index is 401. The van der Waals surface area contributed by atoms with Gasteiger partial charge in [0.05, 0.1) is 12.5 Å². The van der Waals surface area contributed by atoms with Crippen molar-refractivity contribution in [3.05, 3.63) is 0 Å². The molecule has 1 aliphatic heterocycles. The summed E-state index contributed by atoms with van der Waals surface area (Å²) in [7, 11) is 0. The predicted molar refractivity (Wildman–Crippen MR) is 65.0 cm³/mol. The molecule has 1 saturated heterocycles. The molecule has 1 heterocycles. The molecule has 4 nitrogen and oxygen atoms in total. The highest BCUT2D eigenvalue weighted by Crippen LogP contribution is 2.67. The Hall–Kier alpha value is -0.610. The van der Waals surface area contributed by atoms with Crippen molar-refractivity contribution in [3.63, 3.8) is 0 Å². The van der Waals surface area contributed by atoms with E-state index in [4.69, 9.17) is 9.47 Å². The molecular formula is C14H22O4. The maximum absolute atomic E-state index is 11.3. The molecular weight excluding hydrogens is 232 g/mol. The summed E-state index contributed by atoms with van der Waals surface area (Å²) in [5.74, 6) is -0.505. The molecule has 0 aromatic carbocycles. The Labute approximate surface area is 108 Å². The summed E-state index contributed by atoms with van der Waals surface area (Å²) in [6.07, 6.45) is 2.01. The second kappa shape index (κ2) is 3.28. The largest absolute Gasteiger partial charge is 0.481 e. The standard InChI is InChI=1S/C14H22O4/c1-12(2)8-5-9(12)14(7-11(15)16)10(6-8)17-13(3,4)18-14/h8-10H,5-7H2,1-4H3,(H,15,16)/t8?,9?,10?,14-/m1/s1. The van der Waals surface area contributed by atoms with Crippen LogP contribution in [0.15, 0.2) is 0 Å². The van der Waals surface area contributed by atoms with Crippen molar-refractivity contribution in [1.82, 2.24) is 0 Å². The zero-order valence-corrected chi connectivity index (χ0v) is 11.5. The van der Waals surface area contributed by atoms with E-state index >= 15 is 0 Å². The van der Waals surface area contributed by atoms with Crippen LogP contribution in [-0.2, 0) is 14.3 Å². The van der Waals surface area contributed by atoms with Gasteiger partial charge in [0.1, 0.15) is 5.60 Å². The molecule has 4 heteroatoms. The number of hydrogen-bond acceptors (Lipinski definition) is 3. The minimum absolute atomic E-state index is 0.0552. The van der Waals surface area contributed by atoms with Gasteiger partial charge in [-0.3, -0.25) is 4.79 Å². The first-order chi connectivity index (χ1) is 8.17. The van der Waals surface area contributed by atoms with Crippen molar-refractivity contribution >= 4 is 5.97 Å². The first kappa shape index (κ1) is 12.4. The molecule has 4 fully saturated rings. The molecule has 3 saturated carbocycles. The number of aliphatic carboxylic acids is 1. The van der Waals surface area contributed by atoms with Crippen LogP contribution in [0.3, 0.4) is 0 Å². The second-order valence-corrected chi connectivity index (χ2v) is 7.18. The quantitative estimate of drug-likeness (QED) is 0.822. The molecule has 4 atom stereocenters. The highest BCUT2D eigenvalue weighted by Gasteiger charge is 2.71. The van der Waals surface area contributed by atoms with Gasteiger partial charge < -0.3 is 14.6 Å². The number of carboxylic acid groups (broad SMARTS) is 1. The highest BCUT2D eigenvalue weighted by atomic mass is 16.8. The van der Waals surface area contributed by atoms with Crippen LogP contribution in [0, 0.1) is 17.3 Å². The van der Waals surface area contributed by atoms with Gasteiger partial charge in [-0.2, -0.15) is 0 Å². The lowest BCUT2D eigenvalue weighted by Gasteiger charge is -2.64. The van der Waals surface area contributed by atoms with E-state index in [1.54, 1.807) is 0 Å². The Balaban J connectivity index is 1.99. The van der Waals surface area contributed by atoms with Crippen LogP contribution in [-0.4, -0.2) is 28.6 Å². The minimum Gasteiger partial charge on any atom is -0.481 e. The van der Waals surface area contributed by atoms with Crippen LogP contribution in [0.4, 0.5) is 0 Å². The van der Waals surface area contributed by atoms with E-state index < -0.39 is 17.4 Å². The number of ether oxygens (including phenoxy) is 2. The third kappa shape index (κ3) is 1.42. The van der Waals surface area contributed by atoms with Crippen molar-refractivity contribution in [2.45, 2.75) is 64.4 Å². The van der Waals surface area contributed by atoms with E-state index in [0.29, 0.717) is 11.8 Å². The van der Waals surface area contributed by atoms with E-state index in [9.17, 15) is 9.90 Å². The lowest BCUT2D eigenvalue weighted by molar-refractivity contribution is -0.233. The summed E-state index contributed by atoms with van der Waals surface area (Å²) in [6.45, 7) is 8.25. The van der Waals surface area contributed by atoms with E-state index in [-0.39, 0.29) is 17.9 Å². The van der Waals surface area contributed by atoms with Crippen molar-refractivity contribution < 1.29 is 19.4 Å². The Morgan fingerprint density at radius 3 is 2.50 bits per heavy atom. The van der Waals surface area contributed by atoms with Gasteiger partial charge in [0.25, 0.3) is 0 Å².